The van der Waals surface area contributed by atoms with E-state index in [1.54, 1.807) is 12.1 Å². The van der Waals surface area contributed by atoms with E-state index in [4.69, 9.17) is 10.8 Å². The lowest BCUT2D eigenvalue weighted by Gasteiger charge is -2.12. The molecule has 1 aromatic carbocycles. The smallest absolute Gasteiger partial charge is 0.304 e. The molecule has 4 heteroatoms. The minimum atomic E-state index is -0.898. The molecule has 1 atom stereocenters. The maximum atomic E-state index is 12.6. The Morgan fingerprint density at radius 2 is 2.00 bits per heavy atom. The molecule has 0 aliphatic carbocycles. The van der Waals surface area contributed by atoms with Crippen molar-refractivity contribution in [3.8, 4) is 0 Å². The molecule has 3 N–H and O–H groups in total. The average molecular weight is 197 g/mol. The van der Waals surface area contributed by atoms with Gasteiger partial charge in [0.15, 0.2) is 0 Å². The summed E-state index contributed by atoms with van der Waals surface area (Å²) in [6.07, 6.45) is -0.0257. The zero-order chi connectivity index (χ0) is 10.6. The van der Waals surface area contributed by atoms with E-state index in [1.807, 2.05) is 0 Å². The minimum Gasteiger partial charge on any atom is -0.481 e. The van der Waals surface area contributed by atoms with Gasteiger partial charge in [-0.15, -0.1) is 0 Å². The SMILES string of the molecule is NC[C@@H](CC(=O)O)c1ccc(F)cc1. The predicted molar refractivity (Wildman–Crippen MR) is 50.4 cm³/mol. The van der Waals surface area contributed by atoms with Crippen LogP contribution in [0.15, 0.2) is 24.3 Å². The van der Waals surface area contributed by atoms with Gasteiger partial charge in [0.2, 0.25) is 0 Å². The number of aliphatic carboxylic acids is 1. The predicted octanol–water partition coefficient (Wildman–Crippen LogP) is 1.34. The molecule has 0 bridgehead atoms. The van der Waals surface area contributed by atoms with Crippen molar-refractivity contribution < 1.29 is 14.3 Å². The van der Waals surface area contributed by atoms with Crippen LogP contribution in [0, 0.1) is 5.82 Å². The van der Waals surface area contributed by atoms with Crippen LogP contribution in [0.5, 0.6) is 0 Å². The fraction of sp³-hybridized carbons (Fsp3) is 0.300. The van der Waals surface area contributed by atoms with Crippen LogP contribution < -0.4 is 5.73 Å². The number of nitrogens with two attached hydrogens (primary N) is 1. The van der Waals surface area contributed by atoms with Crippen molar-refractivity contribution in [2.45, 2.75) is 12.3 Å². The second-order valence-electron chi connectivity index (χ2n) is 3.08. The first-order valence-electron chi connectivity index (χ1n) is 4.31. The van der Waals surface area contributed by atoms with E-state index in [2.05, 4.69) is 0 Å². The van der Waals surface area contributed by atoms with Crippen LogP contribution in [0.2, 0.25) is 0 Å². The van der Waals surface area contributed by atoms with Crippen LogP contribution in [0.3, 0.4) is 0 Å². The number of benzene rings is 1. The minimum absolute atomic E-state index is 0.0257. The molecule has 14 heavy (non-hydrogen) atoms. The van der Waals surface area contributed by atoms with Gasteiger partial charge < -0.3 is 10.8 Å². The van der Waals surface area contributed by atoms with E-state index in [9.17, 15) is 9.18 Å². The topological polar surface area (TPSA) is 63.3 Å². The quantitative estimate of drug-likeness (QED) is 0.765. The largest absolute Gasteiger partial charge is 0.481 e. The molecule has 0 heterocycles. The molecular weight excluding hydrogens is 185 g/mol. The van der Waals surface area contributed by atoms with Crippen molar-refractivity contribution >= 4 is 5.97 Å². The molecule has 0 fully saturated rings. The number of hydrogen-bond acceptors (Lipinski definition) is 2. The fourth-order valence-corrected chi connectivity index (χ4v) is 1.28. The van der Waals surface area contributed by atoms with Gasteiger partial charge in [-0.05, 0) is 24.2 Å². The number of rotatable bonds is 4. The highest BCUT2D eigenvalue weighted by Gasteiger charge is 2.13. The van der Waals surface area contributed by atoms with Crippen LogP contribution in [0.25, 0.3) is 0 Å². The summed E-state index contributed by atoms with van der Waals surface area (Å²) in [5.41, 5.74) is 6.19. The summed E-state index contributed by atoms with van der Waals surface area (Å²) < 4.78 is 12.6. The van der Waals surface area contributed by atoms with E-state index in [-0.39, 0.29) is 24.7 Å². The first-order chi connectivity index (χ1) is 6.63. The highest BCUT2D eigenvalue weighted by Crippen LogP contribution is 2.18. The molecule has 0 saturated heterocycles. The number of carboxylic acids is 1. The third-order valence-electron chi connectivity index (χ3n) is 2.05. The van der Waals surface area contributed by atoms with Gasteiger partial charge in [-0.1, -0.05) is 12.1 Å². The Morgan fingerprint density at radius 1 is 1.43 bits per heavy atom. The normalized spacial score (nSPS) is 12.4. The summed E-state index contributed by atoms with van der Waals surface area (Å²) in [6, 6.07) is 5.74. The lowest BCUT2D eigenvalue weighted by atomic mass is 9.96. The summed E-state index contributed by atoms with van der Waals surface area (Å²) in [5, 5.41) is 8.60. The first-order valence-corrected chi connectivity index (χ1v) is 4.31. The van der Waals surface area contributed by atoms with Crippen molar-refractivity contribution in [1.29, 1.82) is 0 Å². The lowest BCUT2D eigenvalue weighted by Crippen LogP contribution is -2.16. The molecule has 0 aliphatic heterocycles. The molecule has 0 saturated carbocycles. The molecular formula is C10H12FNO2. The maximum Gasteiger partial charge on any atom is 0.304 e. The van der Waals surface area contributed by atoms with E-state index in [0.29, 0.717) is 0 Å². The summed E-state index contributed by atoms with van der Waals surface area (Å²) in [5.74, 6) is -1.47. The Labute approximate surface area is 81.4 Å². The number of halogens is 1. The van der Waals surface area contributed by atoms with E-state index < -0.39 is 5.97 Å². The zero-order valence-electron chi connectivity index (χ0n) is 7.61. The highest BCUT2D eigenvalue weighted by molar-refractivity contribution is 5.68. The van der Waals surface area contributed by atoms with Gasteiger partial charge in [-0.2, -0.15) is 0 Å². The van der Waals surface area contributed by atoms with Gasteiger partial charge in [0.25, 0.3) is 0 Å². The van der Waals surface area contributed by atoms with Crippen LogP contribution in [-0.4, -0.2) is 17.6 Å². The Hall–Kier alpha value is -1.42. The Balaban J connectivity index is 2.78. The Morgan fingerprint density at radius 3 is 2.43 bits per heavy atom. The standard InChI is InChI=1S/C10H12FNO2/c11-9-3-1-7(2-4-9)8(6-12)5-10(13)14/h1-4,8H,5-6,12H2,(H,13,14)/t8-/m1/s1. The summed E-state index contributed by atoms with van der Waals surface area (Å²) in [4.78, 5) is 10.5. The van der Waals surface area contributed by atoms with Crippen molar-refractivity contribution in [3.05, 3.63) is 35.6 Å². The average Bonchev–Trinajstić information content (AvgIpc) is 2.15. The van der Waals surface area contributed by atoms with Crippen molar-refractivity contribution in [1.82, 2.24) is 0 Å². The molecule has 0 radical (unpaired) electrons. The van der Waals surface area contributed by atoms with Gasteiger partial charge in [-0.25, -0.2) is 4.39 Å². The van der Waals surface area contributed by atoms with Crippen LogP contribution >= 0.6 is 0 Å². The Bertz CT molecular complexity index is 310. The van der Waals surface area contributed by atoms with E-state index in [1.165, 1.54) is 12.1 Å². The van der Waals surface area contributed by atoms with Crippen molar-refractivity contribution in [3.63, 3.8) is 0 Å². The molecule has 3 nitrogen and oxygen atoms in total. The van der Waals surface area contributed by atoms with E-state index in [0.717, 1.165) is 5.56 Å². The monoisotopic (exact) mass is 197 g/mol. The van der Waals surface area contributed by atoms with Crippen LogP contribution in [0.4, 0.5) is 4.39 Å². The van der Waals surface area contributed by atoms with Gasteiger partial charge in [0.1, 0.15) is 5.82 Å². The molecule has 0 amide bonds. The fourth-order valence-electron chi connectivity index (χ4n) is 1.28. The lowest BCUT2D eigenvalue weighted by molar-refractivity contribution is -0.137. The third kappa shape index (κ3) is 2.81. The van der Waals surface area contributed by atoms with Gasteiger partial charge in [0, 0.05) is 5.92 Å². The van der Waals surface area contributed by atoms with Crippen LogP contribution in [0.1, 0.15) is 17.9 Å². The third-order valence-corrected chi connectivity index (χ3v) is 2.05. The summed E-state index contributed by atoms with van der Waals surface area (Å²) in [7, 11) is 0. The first kappa shape index (κ1) is 10.7. The molecule has 0 aromatic heterocycles. The number of carboxylic acid groups (broad SMARTS) is 1. The second kappa shape index (κ2) is 4.72. The summed E-state index contributed by atoms with van der Waals surface area (Å²) in [6.45, 7) is 0.248. The van der Waals surface area contributed by atoms with Gasteiger partial charge in [-0.3, -0.25) is 4.79 Å². The number of carbonyl (C=O) groups is 1. The Kier molecular flexibility index (Phi) is 3.59. The molecule has 0 aliphatic rings. The van der Waals surface area contributed by atoms with Gasteiger partial charge in [0.05, 0.1) is 6.42 Å². The second-order valence-corrected chi connectivity index (χ2v) is 3.08. The molecule has 76 valence electrons. The van der Waals surface area contributed by atoms with Gasteiger partial charge >= 0.3 is 5.97 Å². The maximum absolute atomic E-state index is 12.6. The molecule has 1 aromatic rings. The molecule has 0 spiro atoms. The highest BCUT2D eigenvalue weighted by atomic mass is 19.1. The zero-order valence-corrected chi connectivity index (χ0v) is 7.61. The van der Waals surface area contributed by atoms with Crippen molar-refractivity contribution in [2.75, 3.05) is 6.54 Å². The molecule has 1 rings (SSSR count). The van der Waals surface area contributed by atoms with Crippen molar-refractivity contribution in [2.24, 2.45) is 5.73 Å². The summed E-state index contributed by atoms with van der Waals surface area (Å²) >= 11 is 0. The number of hydrogen-bond donors (Lipinski definition) is 2. The van der Waals surface area contributed by atoms with Crippen LogP contribution in [-0.2, 0) is 4.79 Å². The van der Waals surface area contributed by atoms with E-state index >= 15 is 0 Å². The molecule has 0 unspecified atom stereocenters.